The molecule has 1 aromatic carbocycles. The summed E-state index contributed by atoms with van der Waals surface area (Å²) < 4.78 is 7.35. The number of hydrogen-bond acceptors (Lipinski definition) is 3. The maximum Gasteiger partial charge on any atom is 0.293 e. The molecule has 0 saturated carbocycles. The second-order valence-electron chi connectivity index (χ2n) is 4.61. The highest BCUT2D eigenvalue weighted by Gasteiger charge is 2.17. The quantitative estimate of drug-likeness (QED) is 0.730. The first-order chi connectivity index (χ1) is 10.6. The van der Waals surface area contributed by atoms with E-state index in [-0.39, 0.29) is 11.7 Å². The van der Waals surface area contributed by atoms with Gasteiger partial charge >= 0.3 is 0 Å². The van der Waals surface area contributed by atoms with Gasteiger partial charge in [0, 0.05) is 11.8 Å². The van der Waals surface area contributed by atoms with E-state index < -0.39 is 0 Å². The summed E-state index contributed by atoms with van der Waals surface area (Å²) in [6.45, 7) is 1.85. The van der Waals surface area contributed by atoms with E-state index in [2.05, 4.69) is 26.3 Å². The monoisotopic (exact) mass is 379 g/mol. The Bertz CT molecular complexity index is 841. The molecular formula is C15H11BrClN3O2. The number of furan rings is 1. The van der Waals surface area contributed by atoms with Gasteiger partial charge in [0.05, 0.1) is 21.4 Å². The molecule has 0 spiro atoms. The van der Waals surface area contributed by atoms with Gasteiger partial charge in [-0.25, -0.2) is 4.68 Å². The fourth-order valence-corrected chi connectivity index (χ4v) is 2.57. The van der Waals surface area contributed by atoms with Crippen molar-refractivity contribution in [3.63, 3.8) is 0 Å². The Morgan fingerprint density at radius 2 is 2.14 bits per heavy atom. The van der Waals surface area contributed by atoms with Crippen LogP contribution in [0.2, 0.25) is 5.02 Å². The van der Waals surface area contributed by atoms with Gasteiger partial charge in [-0.05, 0) is 41.1 Å². The van der Waals surface area contributed by atoms with E-state index >= 15 is 0 Å². The molecule has 0 aliphatic carbocycles. The van der Waals surface area contributed by atoms with E-state index in [1.807, 2.05) is 25.1 Å². The van der Waals surface area contributed by atoms with Crippen molar-refractivity contribution in [1.82, 2.24) is 9.78 Å². The molecule has 2 heterocycles. The lowest BCUT2D eigenvalue weighted by Crippen LogP contribution is -2.13. The predicted octanol–water partition coefficient (Wildman–Crippen LogP) is 4.44. The first-order valence-electron chi connectivity index (χ1n) is 6.42. The second-order valence-corrected chi connectivity index (χ2v) is 5.87. The highest BCUT2D eigenvalue weighted by Crippen LogP contribution is 2.23. The van der Waals surface area contributed by atoms with Crippen LogP contribution in [0.15, 0.2) is 51.7 Å². The summed E-state index contributed by atoms with van der Waals surface area (Å²) in [5.41, 5.74) is 1.56. The van der Waals surface area contributed by atoms with Gasteiger partial charge in [0.1, 0.15) is 0 Å². The third kappa shape index (κ3) is 2.80. The summed E-state index contributed by atoms with van der Waals surface area (Å²) in [6.07, 6.45) is 3.24. The van der Waals surface area contributed by atoms with Crippen LogP contribution in [0.3, 0.4) is 0 Å². The molecule has 0 saturated heterocycles. The van der Waals surface area contributed by atoms with Crippen molar-refractivity contribution < 1.29 is 9.21 Å². The number of anilines is 1. The zero-order chi connectivity index (χ0) is 15.7. The SMILES string of the molecule is Cc1cn(-c2ccccc2Cl)nc1NC(=O)c1occc1Br. The summed E-state index contributed by atoms with van der Waals surface area (Å²) in [5, 5.41) is 7.67. The number of aryl methyl sites for hydroxylation is 1. The standard InChI is InChI=1S/C15H11BrClN3O2/c1-9-8-20(12-5-3-2-4-11(12)17)19-14(9)18-15(21)13-10(16)6-7-22-13/h2-8H,1H3,(H,18,19,21). The van der Waals surface area contributed by atoms with Crippen molar-refractivity contribution in [2.75, 3.05) is 5.32 Å². The third-order valence-corrected chi connectivity index (χ3v) is 4.00. The Balaban J connectivity index is 1.89. The summed E-state index contributed by atoms with van der Waals surface area (Å²) >= 11 is 9.41. The zero-order valence-electron chi connectivity index (χ0n) is 11.5. The lowest BCUT2D eigenvalue weighted by molar-refractivity contribution is 0.0995. The average molecular weight is 381 g/mol. The Morgan fingerprint density at radius 1 is 1.36 bits per heavy atom. The van der Waals surface area contributed by atoms with Gasteiger partial charge in [-0.3, -0.25) is 4.79 Å². The smallest absolute Gasteiger partial charge is 0.293 e. The number of halogens is 2. The lowest BCUT2D eigenvalue weighted by Gasteiger charge is -2.03. The summed E-state index contributed by atoms with van der Waals surface area (Å²) in [7, 11) is 0. The number of carbonyl (C=O) groups excluding carboxylic acids is 1. The van der Waals surface area contributed by atoms with Crippen LogP contribution >= 0.6 is 27.5 Å². The topological polar surface area (TPSA) is 60.1 Å². The number of carbonyl (C=O) groups is 1. The number of nitrogens with zero attached hydrogens (tertiary/aromatic N) is 2. The minimum Gasteiger partial charge on any atom is -0.458 e. The van der Waals surface area contributed by atoms with Crippen molar-refractivity contribution in [1.29, 1.82) is 0 Å². The van der Waals surface area contributed by atoms with Crippen LogP contribution in [-0.4, -0.2) is 15.7 Å². The van der Waals surface area contributed by atoms with Gasteiger partial charge in [-0.2, -0.15) is 0 Å². The molecule has 3 aromatic rings. The molecule has 1 N–H and O–H groups in total. The van der Waals surface area contributed by atoms with Gasteiger partial charge in [-0.1, -0.05) is 23.7 Å². The molecule has 7 heteroatoms. The van der Waals surface area contributed by atoms with Gasteiger partial charge in [0.2, 0.25) is 5.76 Å². The first kappa shape index (κ1) is 14.9. The van der Waals surface area contributed by atoms with Crippen molar-refractivity contribution in [2.45, 2.75) is 6.92 Å². The van der Waals surface area contributed by atoms with Crippen molar-refractivity contribution >= 4 is 39.3 Å². The summed E-state index contributed by atoms with van der Waals surface area (Å²) in [5.74, 6) is 0.282. The molecule has 0 aliphatic heterocycles. The molecule has 112 valence electrons. The Hall–Kier alpha value is -2.05. The lowest BCUT2D eigenvalue weighted by atomic mass is 10.3. The maximum absolute atomic E-state index is 12.2. The van der Waals surface area contributed by atoms with E-state index in [1.165, 1.54) is 6.26 Å². The number of amides is 1. The van der Waals surface area contributed by atoms with Crippen molar-refractivity contribution in [3.05, 3.63) is 63.6 Å². The van der Waals surface area contributed by atoms with Crippen molar-refractivity contribution in [3.8, 4) is 5.69 Å². The molecule has 2 aromatic heterocycles. The number of nitrogens with one attached hydrogen (secondary N) is 1. The molecular weight excluding hydrogens is 370 g/mol. The van der Waals surface area contributed by atoms with Crippen LogP contribution in [0.4, 0.5) is 5.82 Å². The van der Waals surface area contributed by atoms with Crippen LogP contribution in [-0.2, 0) is 0 Å². The average Bonchev–Trinajstić information content (AvgIpc) is 3.06. The van der Waals surface area contributed by atoms with Gasteiger partial charge < -0.3 is 9.73 Å². The van der Waals surface area contributed by atoms with Crippen LogP contribution in [0, 0.1) is 6.92 Å². The molecule has 0 bridgehead atoms. The third-order valence-electron chi connectivity index (χ3n) is 3.05. The number of hydrogen-bond donors (Lipinski definition) is 1. The van der Waals surface area contributed by atoms with E-state index in [0.29, 0.717) is 15.3 Å². The van der Waals surface area contributed by atoms with Crippen LogP contribution in [0.5, 0.6) is 0 Å². The molecule has 0 fully saturated rings. The number of aromatic nitrogens is 2. The zero-order valence-corrected chi connectivity index (χ0v) is 13.9. The summed E-state index contributed by atoms with van der Waals surface area (Å²) in [6, 6.07) is 9.01. The highest BCUT2D eigenvalue weighted by atomic mass is 79.9. The van der Waals surface area contributed by atoms with E-state index in [4.69, 9.17) is 16.0 Å². The first-order valence-corrected chi connectivity index (χ1v) is 7.59. The van der Waals surface area contributed by atoms with Gasteiger partial charge in [0.15, 0.2) is 5.82 Å². The molecule has 22 heavy (non-hydrogen) atoms. The van der Waals surface area contributed by atoms with Crippen LogP contribution in [0.1, 0.15) is 16.1 Å². The molecule has 0 aliphatic rings. The highest BCUT2D eigenvalue weighted by molar-refractivity contribution is 9.10. The minimum atomic E-state index is -0.371. The number of para-hydroxylation sites is 1. The van der Waals surface area contributed by atoms with Crippen molar-refractivity contribution in [2.24, 2.45) is 0 Å². The molecule has 0 atom stereocenters. The van der Waals surface area contributed by atoms with E-state index in [1.54, 1.807) is 23.0 Å². The minimum absolute atomic E-state index is 0.201. The van der Waals surface area contributed by atoms with Gasteiger partial charge in [-0.15, -0.1) is 5.10 Å². The Morgan fingerprint density at radius 3 is 2.82 bits per heavy atom. The van der Waals surface area contributed by atoms with Crippen LogP contribution in [0.25, 0.3) is 5.69 Å². The van der Waals surface area contributed by atoms with E-state index in [0.717, 1.165) is 11.3 Å². The van der Waals surface area contributed by atoms with Crippen LogP contribution < -0.4 is 5.32 Å². The van der Waals surface area contributed by atoms with E-state index in [9.17, 15) is 4.79 Å². The van der Waals surface area contributed by atoms with Gasteiger partial charge in [0.25, 0.3) is 5.91 Å². The second kappa shape index (κ2) is 5.98. The normalized spacial score (nSPS) is 10.7. The maximum atomic E-state index is 12.2. The molecule has 5 nitrogen and oxygen atoms in total. The molecule has 3 rings (SSSR count). The predicted molar refractivity (Wildman–Crippen MR) is 87.7 cm³/mol. The largest absolute Gasteiger partial charge is 0.458 e. The fraction of sp³-hybridized carbons (Fsp3) is 0.0667. The number of rotatable bonds is 3. The molecule has 1 amide bonds. The summed E-state index contributed by atoms with van der Waals surface area (Å²) in [4.78, 5) is 12.2. The number of benzene rings is 1. The Labute approximate surface area is 140 Å². The molecule has 0 unspecified atom stereocenters. The molecule has 0 radical (unpaired) electrons. The Kier molecular flexibility index (Phi) is 4.04. The fourth-order valence-electron chi connectivity index (χ4n) is 1.96.